The number of hydrogen-bond acceptors (Lipinski definition) is 3. The summed E-state index contributed by atoms with van der Waals surface area (Å²) in [5.74, 6) is -3.37. The van der Waals surface area contributed by atoms with E-state index < -0.39 is 23.3 Å². The van der Waals surface area contributed by atoms with Gasteiger partial charge in [0.25, 0.3) is 0 Å². The van der Waals surface area contributed by atoms with Crippen LogP contribution in [0.3, 0.4) is 0 Å². The molecule has 1 aliphatic rings. The third kappa shape index (κ3) is 1.83. The highest BCUT2D eigenvalue weighted by molar-refractivity contribution is 6.03. The molecule has 2 aromatic carbocycles. The normalized spacial score (nSPS) is 12.5. The molecule has 0 aliphatic carbocycles. The van der Waals surface area contributed by atoms with Crippen LogP contribution < -0.4 is 9.64 Å². The van der Waals surface area contributed by atoms with Gasteiger partial charge in [0, 0.05) is 6.92 Å². The lowest BCUT2D eigenvalue weighted by Crippen LogP contribution is -2.27. The second-order valence-electron chi connectivity index (χ2n) is 4.75. The van der Waals surface area contributed by atoms with Crippen molar-refractivity contribution < 1.29 is 23.4 Å². The van der Waals surface area contributed by atoms with Crippen molar-refractivity contribution in [2.24, 2.45) is 0 Å². The van der Waals surface area contributed by atoms with Gasteiger partial charge in [0.15, 0.2) is 23.1 Å². The summed E-state index contributed by atoms with van der Waals surface area (Å²) in [5, 5.41) is 9.42. The van der Waals surface area contributed by atoms with Gasteiger partial charge in [-0.25, -0.2) is 4.39 Å². The molecule has 1 N–H and O–H groups in total. The molecule has 0 aromatic heterocycles. The Bertz CT molecular complexity index is 716. The average Bonchev–Trinajstić information content (AvgIpc) is 2.45. The van der Waals surface area contributed by atoms with E-state index in [0.717, 1.165) is 11.0 Å². The number of aryl methyl sites for hydroxylation is 1. The maximum absolute atomic E-state index is 14.2. The van der Waals surface area contributed by atoms with Crippen molar-refractivity contribution in [1.29, 1.82) is 0 Å². The maximum atomic E-state index is 14.2. The zero-order valence-corrected chi connectivity index (χ0v) is 11.3. The summed E-state index contributed by atoms with van der Waals surface area (Å²) in [5.41, 5.74) is 0.623. The van der Waals surface area contributed by atoms with Crippen LogP contribution in [0.5, 0.6) is 17.2 Å². The van der Waals surface area contributed by atoms with Crippen LogP contribution in [0.25, 0.3) is 0 Å². The minimum absolute atomic E-state index is 0.119. The maximum Gasteiger partial charge on any atom is 0.228 e. The molecule has 0 spiro atoms. The first-order valence-corrected chi connectivity index (χ1v) is 6.21. The van der Waals surface area contributed by atoms with Gasteiger partial charge in [-0.05, 0) is 30.7 Å². The number of amides is 1. The van der Waals surface area contributed by atoms with Gasteiger partial charge in [-0.2, -0.15) is 4.39 Å². The Labute approximate surface area is 119 Å². The molecule has 1 aliphatic heterocycles. The van der Waals surface area contributed by atoms with Crippen molar-refractivity contribution in [3.8, 4) is 17.2 Å². The van der Waals surface area contributed by atoms with Gasteiger partial charge >= 0.3 is 0 Å². The zero-order valence-electron chi connectivity index (χ0n) is 11.3. The van der Waals surface area contributed by atoms with E-state index in [2.05, 4.69) is 0 Å². The SMILES string of the molecule is CC(=O)N1c2ccc(C)c(F)c2Oc2c1ccc(O)c2F. The van der Waals surface area contributed by atoms with E-state index in [1.807, 2.05) is 0 Å². The van der Waals surface area contributed by atoms with Gasteiger partial charge in [0.05, 0.1) is 11.4 Å². The molecule has 108 valence electrons. The van der Waals surface area contributed by atoms with Crippen molar-refractivity contribution in [2.45, 2.75) is 13.8 Å². The third-order valence-corrected chi connectivity index (χ3v) is 3.33. The molecule has 6 heteroatoms. The van der Waals surface area contributed by atoms with Gasteiger partial charge < -0.3 is 9.84 Å². The van der Waals surface area contributed by atoms with Crippen LogP contribution in [-0.2, 0) is 4.79 Å². The van der Waals surface area contributed by atoms with E-state index in [1.165, 1.54) is 32.0 Å². The standard InChI is InChI=1S/C15H11F2NO3/c1-7-3-4-9-14(12(7)16)21-15-10(18(9)8(2)19)5-6-11(20)13(15)17/h3-6,20H,1-2H3. The van der Waals surface area contributed by atoms with Gasteiger partial charge in [-0.1, -0.05) is 6.07 Å². The summed E-state index contributed by atoms with van der Waals surface area (Å²) in [6, 6.07) is 5.50. The Kier molecular flexibility index (Phi) is 2.83. The lowest BCUT2D eigenvalue weighted by atomic mass is 10.1. The molecular formula is C15H11F2NO3. The van der Waals surface area contributed by atoms with Crippen molar-refractivity contribution in [3.63, 3.8) is 0 Å². The summed E-state index contributed by atoms with van der Waals surface area (Å²) >= 11 is 0. The smallest absolute Gasteiger partial charge is 0.228 e. The molecule has 21 heavy (non-hydrogen) atoms. The number of aromatic hydroxyl groups is 1. The third-order valence-electron chi connectivity index (χ3n) is 3.33. The number of carbonyl (C=O) groups is 1. The Hall–Kier alpha value is -2.63. The van der Waals surface area contributed by atoms with Crippen molar-refractivity contribution >= 4 is 17.3 Å². The second kappa shape index (κ2) is 4.44. The summed E-state index contributed by atoms with van der Waals surface area (Å²) in [7, 11) is 0. The number of halogens is 2. The van der Waals surface area contributed by atoms with E-state index in [-0.39, 0.29) is 22.9 Å². The highest BCUT2D eigenvalue weighted by atomic mass is 19.1. The second-order valence-corrected chi connectivity index (χ2v) is 4.75. The van der Waals surface area contributed by atoms with Crippen LogP contribution >= 0.6 is 0 Å². The number of ether oxygens (including phenoxy) is 1. The predicted molar refractivity (Wildman–Crippen MR) is 72.1 cm³/mol. The summed E-state index contributed by atoms with van der Waals surface area (Å²) < 4.78 is 33.5. The fourth-order valence-corrected chi connectivity index (χ4v) is 2.30. The fourth-order valence-electron chi connectivity index (χ4n) is 2.30. The monoisotopic (exact) mass is 291 g/mol. The predicted octanol–water partition coefficient (Wildman–Crippen LogP) is 3.77. The van der Waals surface area contributed by atoms with Crippen molar-refractivity contribution in [2.75, 3.05) is 4.90 Å². The molecule has 0 atom stereocenters. The Morgan fingerprint density at radius 3 is 2.29 bits per heavy atom. The van der Waals surface area contributed by atoms with Crippen LogP contribution in [-0.4, -0.2) is 11.0 Å². The number of phenols is 1. The number of nitrogens with zero attached hydrogens (tertiary/aromatic N) is 1. The van der Waals surface area contributed by atoms with Crippen LogP contribution in [0.2, 0.25) is 0 Å². The number of phenolic OH excluding ortho intramolecular Hbond substituents is 1. The van der Waals surface area contributed by atoms with E-state index in [0.29, 0.717) is 5.56 Å². The Balaban J connectivity index is 2.33. The van der Waals surface area contributed by atoms with Crippen molar-refractivity contribution in [1.82, 2.24) is 0 Å². The highest BCUT2D eigenvalue weighted by Gasteiger charge is 2.33. The van der Waals surface area contributed by atoms with Crippen LogP contribution in [0.15, 0.2) is 24.3 Å². The summed E-state index contributed by atoms with van der Waals surface area (Å²) in [6.45, 7) is 2.81. The lowest BCUT2D eigenvalue weighted by Gasteiger charge is -2.31. The lowest BCUT2D eigenvalue weighted by molar-refractivity contribution is -0.115. The van der Waals surface area contributed by atoms with Gasteiger partial charge in [-0.3, -0.25) is 9.69 Å². The molecule has 3 rings (SSSR count). The van der Waals surface area contributed by atoms with E-state index in [1.54, 1.807) is 0 Å². The molecule has 0 bridgehead atoms. The largest absolute Gasteiger partial charge is 0.505 e. The number of fused-ring (bicyclic) bond motifs is 2. The van der Waals surface area contributed by atoms with Gasteiger partial charge in [-0.15, -0.1) is 0 Å². The molecule has 0 saturated carbocycles. The summed E-state index contributed by atoms with van der Waals surface area (Å²) in [4.78, 5) is 13.0. The molecule has 0 unspecified atom stereocenters. The first-order chi connectivity index (χ1) is 9.91. The molecule has 0 saturated heterocycles. The van der Waals surface area contributed by atoms with E-state index >= 15 is 0 Å². The molecule has 0 radical (unpaired) electrons. The number of hydrogen-bond donors (Lipinski definition) is 1. The zero-order chi connectivity index (χ0) is 15.3. The van der Waals surface area contributed by atoms with Crippen LogP contribution in [0.1, 0.15) is 12.5 Å². The van der Waals surface area contributed by atoms with E-state index in [9.17, 15) is 18.7 Å². The molecule has 1 amide bonds. The minimum Gasteiger partial charge on any atom is -0.505 e. The first kappa shape index (κ1) is 13.4. The number of anilines is 2. The molecule has 1 heterocycles. The Morgan fingerprint density at radius 1 is 1.10 bits per heavy atom. The van der Waals surface area contributed by atoms with Gasteiger partial charge in [0.1, 0.15) is 0 Å². The molecular weight excluding hydrogens is 280 g/mol. The molecule has 2 aromatic rings. The minimum atomic E-state index is -1.04. The quantitative estimate of drug-likeness (QED) is 0.803. The average molecular weight is 291 g/mol. The fraction of sp³-hybridized carbons (Fsp3) is 0.133. The van der Waals surface area contributed by atoms with Crippen molar-refractivity contribution in [3.05, 3.63) is 41.5 Å². The van der Waals surface area contributed by atoms with Crippen LogP contribution in [0.4, 0.5) is 20.2 Å². The van der Waals surface area contributed by atoms with E-state index in [4.69, 9.17) is 4.74 Å². The number of benzene rings is 2. The van der Waals surface area contributed by atoms with Gasteiger partial charge in [0.2, 0.25) is 11.7 Å². The topological polar surface area (TPSA) is 49.8 Å². The highest BCUT2D eigenvalue weighted by Crippen LogP contribution is 2.50. The number of carbonyl (C=O) groups excluding carboxylic acids is 1. The van der Waals surface area contributed by atoms with Crippen LogP contribution in [0, 0.1) is 18.6 Å². The molecule has 4 nitrogen and oxygen atoms in total. The first-order valence-electron chi connectivity index (χ1n) is 6.21. The Morgan fingerprint density at radius 2 is 1.67 bits per heavy atom. The summed E-state index contributed by atoms with van der Waals surface area (Å²) in [6.07, 6.45) is 0. The molecule has 0 fully saturated rings. The number of rotatable bonds is 0.